The lowest BCUT2D eigenvalue weighted by Gasteiger charge is -2.20. The predicted molar refractivity (Wildman–Crippen MR) is 128 cm³/mol. The van der Waals surface area contributed by atoms with E-state index in [0.717, 1.165) is 27.3 Å². The number of hydrogen-bond donors (Lipinski definition) is 0. The predicted octanol–water partition coefficient (Wildman–Crippen LogP) is 6.77. The average Bonchev–Trinajstić information content (AvgIpc) is 3.25. The molecule has 30 heavy (non-hydrogen) atoms. The molecule has 0 N–H and O–H groups in total. The van der Waals surface area contributed by atoms with Crippen molar-refractivity contribution in [2.45, 2.75) is 13.3 Å². The van der Waals surface area contributed by atoms with Gasteiger partial charge in [-0.1, -0.05) is 76.1 Å². The summed E-state index contributed by atoms with van der Waals surface area (Å²) in [6, 6.07) is 26.0. The minimum absolute atomic E-state index is 0.0387. The molecular formula is C25H21BrN2OS. The molecule has 0 bridgehead atoms. The van der Waals surface area contributed by atoms with Gasteiger partial charge in [-0.25, -0.2) is 4.98 Å². The zero-order valence-electron chi connectivity index (χ0n) is 16.6. The van der Waals surface area contributed by atoms with E-state index >= 15 is 0 Å². The standard InChI is InChI=1S/C25H21BrN2OS/c1-18-7-9-20(10-8-18)23-17-30-25(27-23)28(16-15-19-5-3-2-4-6-19)24(29)21-11-13-22(26)14-12-21/h2-14,17H,15-16H2,1H3. The van der Waals surface area contributed by atoms with Crippen LogP contribution in [-0.4, -0.2) is 17.4 Å². The summed E-state index contributed by atoms with van der Waals surface area (Å²) >= 11 is 4.94. The van der Waals surface area contributed by atoms with Gasteiger partial charge < -0.3 is 0 Å². The van der Waals surface area contributed by atoms with E-state index in [9.17, 15) is 4.79 Å². The third kappa shape index (κ3) is 4.86. The second-order valence-electron chi connectivity index (χ2n) is 7.08. The van der Waals surface area contributed by atoms with Crippen LogP contribution in [0.1, 0.15) is 21.5 Å². The molecule has 4 aromatic rings. The van der Waals surface area contributed by atoms with Crippen LogP contribution in [0.4, 0.5) is 5.13 Å². The Morgan fingerprint density at radius 3 is 2.37 bits per heavy atom. The SMILES string of the molecule is Cc1ccc(-c2csc(N(CCc3ccccc3)C(=O)c3ccc(Br)cc3)n2)cc1. The lowest BCUT2D eigenvalue weighted by molar-refractivity contribution is 0.0987. The van der Waals surface area contributed by atoms with Gasteiger partial charge in [0.1, 0.15) is 0 Å². The number of anilines is 1. The molecule has 3 nitrogen and oxygen atoms in total. The van der Waals surface area contributed by atoms with E-state index in [4.69, 9.17) is 4.98 Å². The Kier molecular flexibility index (Phi) is 6.41. The quantitative estimate of drug-likeness (QED) is 0.307. The van der Waals surface area contributed by atoms with E-state index in [0.29, 0.717) is 12.1 Å². The Labute approximate surface area is 189 Å². The van der Waals surface area contributed by atoms with Gasteiger partial charge in [0.05, 0.1) is 5.69 Å². The lowest BCUT2D eigenvalue weighted by atomic mass is 10.1. The molecule has 0 fully saturated rings. The van der Waals surface area contributed by atoms with Gasteiger partial charge in [0, 0.05) is 27.5 Å². The van der Waals surface area contributed by atoms with Gasteiger partial charge in [0.2, 0.25) is 0 Å². The van der Waals surface area contributed by atoms with Crippen molar-refractivity contribution in [3.8, 4) is 11.3 Å². The summed E-state index contributed by atoms with van der Waals surface area (Å²) in [6.07, 6.45) is 0.766. The number of halogens is 1. The van der Waals surface area contributed by atoms with Crippen molar-refractivity contribution in [1.82, 2.24) is 4.98 Å². The highest BCUT2D eigenvalue weighted by atomic mass is 79.9. The van der Waals surface area contributed by atoms with Crippen LogP contribution in [0, 0.1) is 6.92 Å². The van der Waals surface area contributed by atoms with Crippen LogP contribution in [0.2, 0.25) is 0 Å². The van der Waals surface area contributed by atoms with Crippen LogP contribution in [0.5, 0.6) is 0 Å². The number of benzene rings is 3. The van der Waals surface area contributed by atoms with Gasteiger partial charge in [0.15, 0.2) is 5.13 Å². The number of hydrogen-bond acceptors (Lipinski definition) is 3. The zero-order chi connectivity index (χ0) is 20.9. The van der Waals surface area contributed by atoms with Crippen molar-refractivity contribution in [1.29, 1.82) is 0 Å². The number of amides is 1. The van der Waals surface area contributed by atoms with E-state index in [1.54, 1.807) is 4.90 Å². The van der Waals surface area contributed by atoms with Gasteiger partial charge in [0.25, 0.3) is 5.91 Å². The summed E-state index contributed by atoms with van der Waals surface area (Å²) < 4.78 is 0.950. The molecule has 0 aliphatic heterocycles. The summed E-state index contributed by atoms with van der Waals surface area (Å²) in [4.78, 5) is 19.9. The van der Waals surface area contributed by atoms with E-state index < -0.39 is 0 Å². The summed E-state index contributed by atoms with van der Waals surface area (Å²) in [7, 11) is 0. The second kappa shape index (κ2) is 9.37. The molecule has 0 radical (unpaired) electrons. The maximum atomic E-state index is 13.3. The van der Waals surface area contributed by atoms with Gasteiger partial charge >= 0.3 is 0 Å². The normalized spacial score (nSPS) is 10.7. The first-order valence-electron chi connectivity index (χ1n) is 9.74. The van der Waals surface area contributed by atoms with E-state index in [2.05, 4.69) is 59.3 Å². The first-order chi connectivity index (χ1) is 14.6. The highest BCUT2D eigenvalue weighted by Crippen LogP contribution is 2.29. The molecule has 0 saturated heterocycles. The highest BCUT2D eigenvalue weighted by Gasteiger charge is 2.21. The first kappa shape index (κ1) is 20.5. The minimum atomic E-state index is -0.0387. The molecule has 0 aliphatic carbocycles. The van der Waals surface area contributed by atoms with Crippen molar-refractivity contribution in [3.63, 3.8) is 0 Å². The van der Waals surface area contributed by atoms with Crippen molar-refractivity contribution >= 4 is 38.3 Å². The molecule has 0 spiro atoms. The molecule has 1 aromatic heterocycles. The Hall–Kier alpha value is -2.76. The second-order valence-corrected chi connectivity index (χ2v) is 8.83. The van der Waals surface area contributed by atoms with E-state index in [-0.39, 0.29) is 5.91 Å². The fourth-order valence-corrected chi connectivity index (χ4v) is 4.29. The Balaban J connectivity index is 1.63. The molecule has 5 heteroatoms. The minimum Gasteiger partial charge on any atom is -0.284 e. The van der Waals surface area contributed by atoms with Crippen LogP contribution in [0.25, 0.3) is 11.3 Å². The lowest BCUT2D eigenvalue weighted by Crippen LogP contribution is -2.32. The molecule has 150 valence electrons. The molecule has 0 aliphatic rings. The first-order valence-corrected chi connectivity index (χ1v) is 11.4. The molecule has 1 heterocycles. The maximum absolute atomic E-state index is 13.3. The smallest absolute Gasteiger partial charge is 0.260 e. The van der Waals surface area contributed by atoms with Gasteiger partial charge in [-0.3, -0.25) is 9.69 Å². The molecule has 1 amide bonds. The molecule has 0 saturated carbocycles. The average molecular weight is 477 g/mol. The molecule has 3 aromatic carbocycles. The Morgan fingerprint density at radius 1 is 0.967 bits per heavy atom. The largest absolute Gasteiger partial charge is 0.284 e. The molecule has 0 atom stereocenters. The van der Waals surface area contributed by atoms with Crippen LogP contribution in [0.15, 0.2) is 88.7 Å². The molecular weight excluding hydrogens is 456 g/mol. The summed E-state index contributed by atoms with van der Waals surface area (Å²) in [5.41, 5.74) is 5.01. The Morgan fingerprint density at radius 2 is 1.67 bits per heavy atom. The van der Waals surface area contributed by atoms with Gasteiger partial charge in [-0.2, -0.15) is 0 Å². The van der Waals surface area contributed by atoms with E-state index in [1.807, 2.05) is 47.8 Å². The van der Waals surface area contributed by atoms with Crippen LogP contribution >= 0.6 is 27.3 Å². The maximum Gasteiger partial charge on any atom is 0.260 e. The number of nitrogens with zero attached hydrogens (tertiary/aromatic N) is 2. The van der Waals surface area contributed by atoms with Crippen molar-refractivity contribution in [2.75, 3.05) is 11.4 Å². The van der Waals surface area contributed by atoms with Crippen LogP contribution < -0.4 is 4.90 Å². The number of aryl methyl sites for hydroxylation is 1. The molecule has 0 unspecified atom stereocenters. The van der Waals surface area contributed by atoms with Crippen molar-refractivity contribution in [3.05, 3.63) is 105 Å². The van der Waals surface area contributed by atoms with Gasteiger partial charge in [-0.05, 0) is 43.2 Å². The summed E-state index contributed by atoms with van der Waals surface area (Å²) in [6.45, 7) is 2.64. The third-order valence-corrected chi connectivity index (χ3v) is 6.27. The van der Waals surface area contributed by atoms with Crippen LogP contribution in [-0.2, 0) is 6.42 Å². The molecule has 4 rings (SSSR count). The topological polar surface area (TPSA) is 33.2 Å². The monoisotopic (exact) mass is 476 g/mol. The fraction of sp³-hybridized carbons (Fsp3) is 0.120. The van der Waals surface area contributed by atoms with Crippen molar-refractivity contribution < 1.29 is 4.79 Å². The number of carbonyl (C=O) groups is 1. The van der Waals surface area contributed by atoms with E-state index in [1.165, 1.54) is 22.5 Å². The highest BCUT2D eigenvalue weighted by molar-refractivity contribution is 9.10. The van der Waals surface area contributed by atoms with Crippen LogP contribution in [0.3, 0.4) is 0 Å². The number of thiazole rings is 1. The number of rotatable bonds is 6. The fourth-order valence-electron chi connectivity index (χ4n) is 3.16. The Bertz CT molecular complexity index is 1120. The third-order valence-electron chi connectivity index (χ3n) is 4.87. The summed E-state index contributed by atoms with van der Waals surface area (Å²) in [5.74, 6) is -0.0387. The number of carbonyl (C=O) groups excluding carboxylic acids is 1. The van der Waals surface area contributed by atoms with Gasteiger partial charge in [-0.15, -0.1) is 11.3 Å². The van der Waals surface area contributed by atoms with Crippen molar-refractivity contribution in [2.24, 2.45) is 0 Å². The number of aromatic nitrogens is 1. The summed E-state index contributed by atoms with van der Waals surface area (Å²) in [5, 5.41) is 2.74. The zero-order valence-corrected chi connectivity index (χ0v) is 19.0.